The second kappa shape index (κ2) is 6.08. The number of para-hydroxylation sites is 1. The van der Waals surface area contributed by atoms with E-state index in [4.69, 9.17) is 0 Å². The molecule has 1 saturated heterocycles. The number of carbonyl (C=O) groups is 3. The highest BCUT2D eigenvalue weighted by atomic mass is 16.2. The minimum atomic E-state index is -0.848. The molecule has 4 rings (SSSR count). The highest BCUT2D eigenvalue weighted by Gasteiger charge is 2.51. The number of anilines is 1. The summed E-state index contributed by atoms with van der Waals surface area (Å²) in [4.78, 5) is 40.0. The summed E-state index contributed by atoms with van der Waals surface area (Å²) in [7, 11) is 0. The van der Waals surface area contributed by atoms with Crippen LogP contribution in [-0.2, 0) is 9.59 Å². The summed E-state index contributed by atoms with van der Waals surface area (Å²) in [6.45, 7) is 7.52. The van der Waals surface area contributed by atoms with Gasteiger partial charge < -0.3 is 15.5 Å². The lowest BCUT2D eigenvalue weighted by Gasteiger charge is -2.39. The lowest BCUT2D eigenvalue weighted by Crippen LogP contribution is -2.46. The molecule has 6 nitrogen and oxygen atoms in total. The molecule has 1 saturated carbocycles. The first kappa shape index (κ1) is 18.0. The van der Waals surface area contributed by atoms with Crippen molar-refractivity contribution in [1.82, 2.24) is 10.2 Å². The van der Waals surface area contributed by atoms with Gasteiger partial charge in [0, 0.05) is 12.6 Å². The van der Waals surface area contributed by atoms with Crippen LogP contribution < -0.4 is 10.6 Å². The fourth-order valence-corrected chi connectivity index (χ4v) is 5.50. The van der Waals surface area contributed by atoms with Crippen LogP contribution in [0, 0.1) is 10.8 Å². The van der Waals surface area contributed by atoms with E-state index in [-0.39, 0.29) is 41.0 Å². The van der Waals surface area contributed by atoms with E-state index in [1.807, 2.05) is 4.90 Å². The molecule has 144 valence electrons. The molecule has 0 radical (unpaired) electrons. The molecule has 1 aromatic carbocycles. The number of nitrogens with one attached hydrogen (secondary N) is 2. The maximum Gasteiger partial charge on any atom is 0.254 e. The first-order valence-electron chi connectivity index (χ1n) is 9.66. The average molecular weight is 369 g/mol. The molecule has 2 heterocycles. The first-order valence-corrected chi connectivity index (χ1v) is 9.66. The molecule has 2 aliphatic heterocycles. The van der Waals surface area contributed by atoms with Gasteiger partial charge >= 0.3 is 0 Å². The van der Waals surface area contributed by atoms with Crippen molar-refractivity contribution in [2.75, 3.05) is 11.9 Å². The Morgan fingerprint density at radius 1 is 1.19 bits per heavy atom. The van der Waals surface area contributed by atoms with Gasteiger partial charge in [0.25, 0.3) is 5.91 Å². The number of nitrogens with zero attached hydrogens (tertiary/aromatic N) is 1. The van der Waals surface area contributed by atoms with Crippen molar-refractivity contribution in [3.63, 3.8) is 0 Å². The van der Waals surface area contributed by atoms with Crippen molar-refractivity contribution in [2.24, 2.45) is 10.8 Å². The second-order valence-electron chi connectivity index (χ2n) is 9.50. The Kier molecular flexibility index (Phi) is 4.05. The first-order chi connectivity index (χ1) is 12.7. The molecular weight excluding hydrogens is 342 g/mol. The molecular formula is C21H27N3O3. The SMILES string of the molecule is CC1(C)C[C@H]2C[C@](C)(CN2C(=O)C[C@H]2NC(=O)c3ccccc3NC2=O)C1. The predicted octanol–water partition coefficient (Wildman–Crippen LogP) is 2.55. The number of hydrogen-bond acceptors (Lipinski definition) is 3. The lowest BCUT2D eigenvalue weighted by atomic mass is 9.65. The normalized spacial score (nSPS) is 31.6. The van der Waals surface area contributed by atoms with Gasteiger partial charge in [0.1, 0.15) is 6.04 Å². The van der Waals surface area contributed by atoms with E-state index in [1.54, 1.807) is 24.3 Å². The van der Waals surface area contributed by atoms with E-state index in [2.05, 4.69) is 31.4 Å². The summed E-state index contributed by atoms with van der Waals surface area (Å²) in [5.41, 5.74) is 1.28. The summed E-state index contributed by atoms with van der Waals surface area (Å²) in [6.07, 6.45) is 3.12. The highest BCUT2D eigenvalue weighted by Crippen LogP contribution is 2.52. The summed E-state index contributed by atoms with van der Waals surface area (Å²) < 4.78 is 0. The summed E-state index contributed by atoms with van der Waals surface area (Å²) >= 11 is 0. The quantitative estimate of drug-likeness (QED) is 0.841. The van der Waals surface area contributed by atoms with Gasteiger partial charge in [-0.15, -0.1) is 0 Å². The molecule has 27 heavy (non-hydrogen) atoms. The monoisotopic (exact) mass is 369 g/mol. The van der Waals surface area contributed by atoms with Crippen LogP contribution >= 0.6 is 0 Å². The molecule has 1 aromatic rings. The zero-order valence-electron chi connectivity index (χ0n) is 16.2. The van der Waals surface area contributed by atoms with E-state index in [1.165, 1.54) is 0 Å². The Bertz CT molecular complexity index is 819. The Hall–Kier alpha value is -2.37. The Morgan fingerprint density at radius 3 is 2.70 bits per heavy atom. The number of benzene rings is 1. The van der Waals surface area contributed by atoms with Crippen molar-refractivity contribution in [3.8, 4) is 0 Å². The van der Waals surface area contributed by atoms with Gasteiger partial charge in [0.15, 0.2) is 0 Å². The smallest absolute Gasteiger partial charge is 0.254 e. The molecule has 3 aliphatic rings. The van der Waals surface area contributed by atoms with Crippen LogP contribution in [0.1, 0.15) is 56.8 Å². The Morgan fingerprint density at radius 2 is 1.93 bits per heavy atom. The average Bonchev–Trinajstić information content (AvgIpc) is 2.76. The lowest BCUT2D eigenvalue weighted by molar-refractivity contribution is -0.134. The van der Waals surface area contributed by atoms with Crippen molar-refractivity contribution in [1.29, 1.82) is 0 Å². The van der Waals surface area contributed by atoms with Gasteiger partial charge in [-0.3, -0.25) is 14.4 Å². The van der Waals surface area contributed by atoms with Gasteiger partial charge in [-0.2, -0.15) is 0 Å². The number of fused-ring (bicyclic) bond motifs is 3. The van der Waals surface area contributed by atoms with Crippen LogP contribution in [0.5, 0.6) is 0 Å². The molecule has 2 bridgehead atoms. The van der Waals surface area contributed by atoms with Gasteiger partial charge in [0.2, 0.25) is 11.8 Å². The number of hydrogen-bond donors (Lipinski definition) is 2. The topological polar surface area (TPSA) is 78.5 Å². The van der Waals surface area contributed by atoms with Crippen molar-refractivity contribution >= 4 is 23.4 Å². The third kappa shape index (κ3) is 3.33. The van der Waals surface area contributed by atoms with Gasteiger partial charge in [-0.1, -0.05) is 32.9 Å². The predicted molar refractivity (Wildman–Crippen MR) is 102 cm³/mol. The number of carbonyl (C=O) groups excluding carboxylic acids is 3. The molecule has 0 aromatic heterocycles. The summed E-state index contributed by atoms with van der Waals surface area (Å²) in [5, 5.41) is 5.50. The Labute approximate surface area is 159 Å². The van der Waals surface area contributed by atoms with Crippen LogP contribution in [0.25, 0.3) is 0 Å². The highest BCUT2D eigenvalue weighted by molar-refractivity contribution is 6.10. The Balaban J connectivity index is 1.49. The minimum Gasteiger partial charge on any atom is -0.340 e. The molecule has 0 spiro atoms. The van der Waals surface area contributed by atoms with Gasteiger partial charge in [-0.25, -0.2) is 0 Å². The number of amides is 3. The van der Waals surface area contributed by atoms with Crippen molar-refractivity contribution < 1.29 is 14.4 Å². The maximum atomic E-state index is 13.0. The van der Waals surface area contributed by atoms with Gasteiger partial charge in [-0.05, 0) is 42.2 Å². The third-order valence-corrected chi connectivity index (χ3v) is 6.17. The summed E-state index contributed by atoms with van der Waals surface area (Å²) in [5.74, 6) is -0.710. The zero-order valence-corrected chi connectivity index (χ0v) is 16.2. The molecule has 0 unspecified atom stereocenters. The van der Waals surface area contributed by atoms with Crippen LogP contribution in [0.2, 0.25) is 0 Å². The molecule has 2 N–H and O–H groups in total. The molecule has 6 heteroatoms. The largest absolute Gasteiger partial charge is 0.340 e. The fraction of sp³-hybridized carbons (Fsp3) is 0.571. The molecule has 2 fully saturated rings. The number of likely N-dealkylation sites (tertiary alicyclic amines) is 1. The van der Waals surface area contributed by atoms with Crippen molar-refractivity contribution in [2.45, 2.75) is 58.5 Å². The van der Waals surface area contributed by atoms with Crippen LogP contribution in [0.4, 0.5) is 5.69 Å². The second-order valence-corrected chi connectivity index (χ2v) is 9.50. The van der Waals surface area contributed by atoms with E-state index in [0.717, 1.165) is 25.8 Å². The molecule has 3 atom stereocenters. The zero-order chi connectivity index (χ0) is 19.4. The van der Waals surface area contributed by atoms with Crippen LogP contribution in [-0.4, -0.2) is 41.2 Å². The van der Waals surface area contributed by atoms with Crippen LogP contribution in [0.3, 0.4) is 0 Å². The molecule has 3 amide bonds. The fourth-order valence-electron chi connectivity index (χ4n) is 5.50. The van der Waals surface area contributed by atoms with Crippen molar-refractivity contribution in [3.05, 3.63) is 29.8 Å². The van der Waals surface area contributed by atoms with E-state index in [0.29, 0.717) is 11.3 Å². The van der Waals surface area contributed by atoms with E-state index >= 15 is 0 Å². The van der Waals surface area contributed by atoms with E-state index < -0.39 is 6.04 Å². The molecule has 1 aliphatic carbocycles. The maximum absolute atomic E-state index is 13.0. The van der Waals surface area contributed by atoms with Crippen LogP contribution in [0.15, 0.2) is 24.3 Å². The third-order valence-electron chi connectivity index (χ3n) is 6.17. The standard InChI is InChI=1S/C21H27N3O3/c1-20(2)9-13-10-21(3,11-20)12-24(13)17(25)8-16-19(27)22-15-7-5-4-6-14(15)18(26)23-16/h4-7,13,16H,8-12H2,1-3H3,(H,22,27)(H,23,26)/t13-,16+,21-/m0/s1. The minimum absolute atomic E-state index is 0.00142. The van der Waals surface area contributed by atoms with Gasteiger partial charge in [0.05, 0.1) is 17.7 Å². The number of rotatable bonds is 2. The summed E-state index contributed by atoms with van der Waals surface area (Å²) in [6, 6.07) is 6.27. The van der Waals surface area contributed by atoms with E-state index in [9.17, 15) is 14.4 Å².